The molecule has 98 valence electrons. The first-order chi connectivity index (χ1) is 9.95. The van der Waals surface area contributed by atoms with Gasteiger partial charge in [0.15, 0.2) is 0 Å². The summed E-state index contributed by atoms with van der Waals surface area (Å²) < 4.78 is 0. The summed E-state index contributed by atoms with van der Waals surface area (Å²) in [7, 11) is 0. The summed E-state index contributed by atoms with van der Waals surface area (Å²) in [6, 6.07) is 20.6. The third-order valence-electron chi connectivity index (χ3n) is 2.35. The summed E-state index contributed by atoms with van der Waals surface area (Å²) in [5, 5.41) is 0. The van der Waals surface area contributed by atoms with E-state index in [9.17, 15) is 0 Å². The minimum absolute atomic E-state index is 0.782. The van der Waals surface area contributed by atoms with E-state index in [0.717, 1.165) is 11.5 Å². The van der Waals surface area contributed by atoms with Crippen molar-refractivity contribution in [2.75, 3.05) is 11.5 Å². The quantitative estimate of drug-likeness (QED) is 0.598. The Morgan fingerprint density at radius 1 is 0.600 bits per heavy atom. The summed E-state index contributed by atoms with van der Waals surface area (Å²) in [5.74, 6) is 13.5. The van der Waals surface area contributed by atoms with Gasteiger partial charge in [-0.15, -0.1) is 23.5 Å². The minimum Gasteiger partial charge on any atom is -0.113 e. The predicted molar refractivity (Wildman–Crippen MR) is 89.9 cm³/mol. The molecule has 0 aliphatic heterocycles. The monoisotopic (exact) mass is 294 g/mol. The van der Waals surface area contributed by atoms with Gasteiger partial charge in [0.1, 0.15) is 0 Å². The first-order valence-corrected chi connectivity index (χ1v) is 8.24. The number of rotatable bonds is 4. The van der Waals surface area contributed by atoms with E-state index >= 15 is 0 Å². The van der Waals surface area contributed by atoms with Crippen LogP contribution in [0.15, 0.2) is 70.5 Å². The zero-order valence-electron chi connectivity index (χ0n) is 11.0. The molecule has 0 saturated heterocycles. The zero-order valence-corrected chi connectivity index (χ0v) is 12.6. The molecule has 0 N–H and O–H groups in total. The van der Waals surface area contributed by atoms with Crippen molar-refractivity contribution in [3.8, 4) is 23.7 Å². The molecule has 0 fully saturated rings. The zero-order chi connectivity index (χ0) is 13.9. The molecule has 2 rings (SSSR count). The Morgan fingerprint density at radius 3 is 1.40 bits per heavy atom. The highest BCUT2D eigenvalue weighted by Gasteiger charge is 1.88. The fraction of sp³-hybridized carbons (Fsp3) is 0.111. The van der Waals surface area contributed by atoms with Crippen LogP contribution in [0.3, 0.4) is 0 Å². The number of benzene rings is 2. The summed E-state index contributed by atoms with van der Waals surface area (Å²) in [4.78, 5) is 2.49. The van der Waals surface area contributed by atoms with E-state index in [-0.39, 0.29) is 0 Å². The molecular weight excluding hydrogens is 280 g/mol. The minimum atomic E-state index is 0.782. The Bertz CT molecular complexity index is 566. The van der Waals surface area contributed by atoms with Crippen molar-refractivity contribution in [2.24, 2.45) is 0 Å². The maximum absolute atomic E-state index is 3.06. The molecule has 0 heterocycles. The van der Waals surface area contributed by atoms with Crippen molar-refractivity contribution < 1.29 is 0 Å². The van der Waals surface area contributed by atoms with Crippen LogP contribution in [0.2, 0.25) is 0 Å². The van der Waals surface area contributed by atoms with Crippen molar-refractivity contribution in [1.82, 2.24) is 0 Å². The van der Waals surface area contributed by atoms with Crippen LogP contribution < -0.4 is 0 Å². The molecule has 0 aromatic heterocycles. The van der Waals surface area contributed by atoms with Crippen molar-refractivity contribution in [3.05, 3.63) is 60.7 Å². The van der Waals surface area contributed by atoms with Crippen LogP contribution >= 0.6 is 23.5 Å². The van der Waals surface area contributed by atoms with Gasteiger partial charge in [0.25, 0.3) is 0 Å². The van der Waals surface area contributed by atoms with Crippen LogP contribution in [0.4, 0.5) is 0 Å². The van der Waals surface area contributed by atoms with Crippen molar-refractivity contribution in [1.29, 1.82) is 0 Å². The Labute approximate surface area is 129 Å². The SMILES string of the molecule is C(C#CCSc1ccccc1)#CCSc1ccccc1. The standard InChI is InChI=1S/C18H14S2/c1(9-15-19-17-11-5-3-6-12-17)2-10-16-20-18-13-7-4-8-14-18/h3-8,11-14H,15-16H2. The molecule has 0 nitrogen and oxygen atoms in total. The van der Waals surface area contributed by atoms with E-state index in [1.54, 1.807) is 23.5 Å². The molecular formula is C18H14S2. The number of hydrogen-bond donors (Lipinski definition) is 0. The molecule has 0 bridgehead atoms. The molecule has 2 aromatic carbocycles. The van der Waals surface area contributed by atoms with Gasteiger partial charge >= 0.3 is 0 Å². The van der Waals surface area contributed by atoms with Crippen LogP contribution in [0, 0.1) is 23.7 Å². The van der Waals surface area contributed by atoms with Crippen LogP contribution in [0.25, 0.3) is 0 Å². The Hall–Kier alpha value is -1.74. The Balaban J connectivity index is 1.66. The second-order valence-corrected chi connectivity index (χ2v) is 5.90. The van der Waals surface area contributed by atoms with Gasteiger partial charge < -0.3 is 0 Å². The van der Waals surface area contributed by atoms with Gasteiger partial charge in [-0.3, -0.25) is 0 Å². The van der Waals surface area contributed by atoms with Gasteiger partial charge in [-0.2, -0.15) is 0 Å². The average Bonchev–Trinajstić information content (AvgIpc) is 2.52. The van der Waals surface area contributed by atoms with Crippen molar-refractivity contribution >= 4 is 23.5 Å². The van der Waals surface area contributed by atoms with Gasteiger partial charge in [0.2, 0.25) is 0 Å². The summed E-state index contributed by atoms with van der Waals surface area (Å²) in [6.45, 7) is 0. The first kappa shape index (κ1) is 14.7. The lowest BCUT2D eigenvalue weighted by molar-refractivity contribution is 1.46. The molecule has 0 spiro atoms. The van der Waals surface area contributed by atoms with E-state index < -0.39 is 0 Å². The summed E-state index contributed by atoms with van der Waals surface area (Å²) in [5.41, 5.74) is 0. The molecule has 0 unspecified atom stereocenters. The molecule has 0 aliphatic carbocycles. The lowest BCUT2D eigenvalue weighted by atomic mass is 10.4. The smallest absolute Gasteiger partial charge is 0.0604 e. The highest BCUT2D eigenvalue weighted by Crippen LogP contribution is 2.16. The third kappa shape index (κ3) is 5.93. The predicted octanol–water partition coefficient (Wildman–Crippen LogP) is 4.58. The lowest BCUT2D eigenvalue weighted by Gasteiger charge is -1.94. The molecule has 2 aromatic rings. The normalized spacial score (nSPS) is 9.00. The highest BCUT2D eigenvalue weighted by atomic mass is 32.2. The second-order valence-electron chi connectivity index (χ2n) is 3.81. The van der Waals surface area contributed by atoms with E-state index in [1.165, 1.54) is 9.79 Å². The maximum atomic E-state index is 3.06. The van der Waals surface area contributed by atoms with Crippen molar-refractivity contribution in [2.45, 2.75) is 9.79 Å². The van der Waals surface area contributed by atoms with Gasteiger partial charge in [0.05, 0.1) is 11.5 Å². The summed E-state index contributed by atoms with van der Waals surface area (Å²) >= 11 is 3.47. The molecule has 0 radical (unpaired) electrons. The fourth-order valence-corrected chi connectivity index (χ4v) is 2.75. The molecule has 0 atom stereocenters. The molecule has 0 saturated carbocycles. The van der Waals surface area contributed by atoms with Gasteiger partial charge in [-0.05, 0) is 36.1 Å². The first-order valence-electron chi connectivity index (χ1n) is 6.26. The topological polar surface area (TPSA) is 0 Å². The number of thioether (sulfide) groups is 2. The Morgan fingerprint density at radius 2 is 1.00 bits per heavy atom. The van der Waals surface area contributed by atoms with Gasteiger partial charge in [-0.25, -0.2) is 0 Å². The van der Waals surface area contributed by atoms with Crippen LogP contribution in [-0.2, 0) is 0 Å². The van der Waals surface area contributed by atoms with Crippen LogP contribution in [0.1, 0.15) is 0 Å². The van der Waals surface area contributed by atoms with Gasteiger partial charge in [-0.1, -0.05) is 48.2 Å². The molecule has 2 heteroatoms. The van der Waals surface area contributed by atoms with Crippen LogP contribution in [0.5, 0.6) is 0 Å². The summed E-state index contributed by atoms with van der Waals surface area (Å²) in [6.07, 6.45) is 0. The van der Waals surface area contributed by atoms with Crippen molar-refractivity contribution in [3.63, 3.8) is 0 Å². The van der Waals surface area contributed by atoms with E-state index in [4.69, 9.17) is 0 Å². The largest absolute Gasteiger partial charge is 0.113 e. The fourth-order valence-electron chi connectivity index (χ4n) is 1.43. The second kappa shape index (κ2) is 9.21. The maximum Gasteiger partial charge on any atom is 0.0604 e. The van der Waals surface area contributed by atoms with E-state index in [2.05, 4.69) is 47.9 Å². The molecule has 0 aliphatic rings. The lowest BCUT2D eigenvalue weighted by Crippen LogP contribution is -1.74. The Kier molecular flexibility index (Phi) is 6.75. The van der Waals surface area contributed by atoms with Crippen LogP contribution in [-0.4, -0.2) is 11.5 Å². The molecule has 20 heavy (non-hydrogen) atoms. The van der Waals surface area contributed by atoms with Gasteiger partial charge in [0, 0.05) is 9.79 Å². The average molecular weight is 294 g/mol. The van der Waals surface area contributed by atoms with E-state index in [1.807, 2.05) is 36.4 Å². The number of hydrogen-bond acceptors (Lipinski definition) is 2. The molecule has 0 amide bonds. The highest BCUT2D eigenvalue weighted by molar-refractivity contribution is 7.99. The van der Waals surface area contributed by atoms with E-state index in [0.29, 0.717) is 0 Å². The third-order valence-corrected chi connectivity index (χ3v) is 4.14.